The zero-order chi connectivity index (χ0) is 19.8. The van der Waals surface area contributed by atoms with E-state index >= 15 is 0 Å². The Kier molecular flexibility index (Phi) is 7.87. The molecular weight excluding hydrogens is 375 g/mol. The van der Waals surface area contributed by atoms with Gasteiger partial charge in [0.25, 0.3) is 5.56 Å². The Morgan fingerprint density at radius 1 is 1.22 bits per heavy atom. The normalized spacial score (nSPS) is 15.0. The van der Waals surface area contributed by atoms with Crippen LogP contribution in [0.2, 0.25) is 0 Å². The number of hydrogen-bond donors (Lipinski definition) is 2. The molecule has 146 valence electrons. The number of aromatic nitrogens is 2. The first-order valence-electron chi connectivity index (χ1n) is 8.39. The smallest absolute Gasteiger partial charge is 0.391 e. The Morgan fingerprint density at radius 3 is 2.52 bits per heavy atom. The predicted octanol–water partition coefficient (Wildman–Crippen LogP) is 1.96. The van der Waals surface area contributed by atoms with Gasteiger partial charge in [-0.25, -0.2) is 9.32 Å². The molecule has 0 aliphatic heterocycles. The lowest BCUT2D eigenvalue weighted by Crippen LogP contribution is -2.38. The van der Waals surface area contributed by atoms with Gasteiger partial charge in [0.05, 0.1) is 6.10 Å². The summed E-state index contributed by atoms with van der Waals surface area (Å²) in [7, 11) is -2.47. The number of ether oxygens (including phenoxy) is 1. The molecule has 0 radical (unpaired) electrons. The van der Waals surface area contributed by atoms with Gasteiger partial charge < -0.3 is 9.84 Å². The monoisotopic (exact) mass is 397 g/mol. The highest BCUT2D eigenvalue weighted by atomic mass is 31.1. The highest BCUT2D eigenvalue weighted by Crippen LogP contribution is 2.28. The highest BCUT2D eigenvalue weighted by Gasteiger charge is 2.29. The molecule has 0 spiro atoms. The van der Waals surface area contributed by atoms with Crippen molar-refractivity contribution in [3.05, 3.63) is 63.4 Å². The second-order valence-electron chi connectivity index (χ2n) is 5.72. The van der Waals surface area contributed by atoms with Crippen LogP contribution in [0.5, 0.6) is 5.75 Å². The zero-order valence-corrected chi connectivity index (χ0v) is 15.9. The van der Waals surface area contributed by atoms with Crippen LogP contribution in [0.15, 0.2) is 52.2 Å². The summed E-state index contributed by atoms with van der Waals surface area (Å²) in [4.78, 5) is 25.3. The third-order valence-corrected chi connectivity index (χ3v) is 4.37. The van der Waals surface area contributed by atoms with Crippen LogP contribution in [0.4, 0.5) is 0 Å². The minimum absolute atomic E-state index is 0.214. The Hall–Kier alpha value is -2.32. The van der Waals surface area contributed by atoms with E-state index in [9.17, 15) is 19.3 Å². The van der Waals surface area contributed by atoms with Gasteiger partial charge in [0.1, 0.15) is 18.9 Å². The molecule has 0 fully saturated rings. The molecule has 0 aliphatic rings. The van der Waals surface area contributed by atoms with Crippen LogP contribution in [-0.2, 0) is 13.8 Å². The number of hydrogen-bond acceptors (Lipinski definition) is 7. The summed E-state index contributed by atoms with van der Waals surface area (Å²) in [6.07, 6.45) is -0.869. The number of nitrogens with zero attached hydrogens (tertiary/aromatic N) is 1. The van der Waals surface area contributed by atoms with E-state index < -0.39 is 37.9 Å². The maximum atomic E-state index is 11.9. The van der Waals surface area contributed by atoms with E-state index in [1.807, 2.05) is 0 Å². The van der Waals surface area contributed by atoms with Crippen LogP contribution in [-0.4, -0.2) is 33.5 Å². The third kappa shape index (κ3) is 6.41. The van der Waals surface area contributed by atoms with Crippen molar-refractivity contribution in [3.8, 4) is 5.75 Å². The summed E-state index contributed by atoms with van der Waals surface area (Å²) in [6, 6.07) is 9.72. The van der Waals surface area contributed by atoms with Gasteiger partial charge in [-0.2, -0.15) is 0 Å². The van der Waals surface area contributed by atoms with Gasteiger partial charge in [0, 0.05) is 16.8 Å². The molecule has 4 atom stereocenters. The quantitative estimate of drug-likeness (QED) is 0.588. The Bertz CT molecular complexity index is 850. The minimum atomic E-state index is -2.47. The predicted molar refractivity (Wildman–Crippen MR) is 97.8 cm³/mol. The van der Waals surface area contributed by atoms with Gasteiger partial charge in [-0.3, -0.25) is 14.3 Å². The molecule has 0 amide bonds. The Morgan fingerprint density at radius 2 is 1.93 bits per heavy atom. The topological polar surface area (TPSA) is 120 Å². The second-order valence-corrected chi connectivity index (χ2v) is 6.61. The average Bonchev–Trinajstić information content (AvgIpc) is 2.63. The molecule has 2 rings (SSSR count). The van der Waals surface area contributed by atoms with Gasteiger partial charge in [0.2, 0.25) is 0 Å². The van der Waals surface area contributed by atoms with Crippen LogP contribution in [0.25, 0.3) is 0 Å². The van der Waals surface area contributed by atoms with E-state index in [1.54, 1.807) is 37.3 Å². The Balaban J connectivity index is 2.00. The standard InChI is InChI=1S/C17H21N2O7P/c1-3-16(19-10-9-15(21)18-17(19)22)25-14(12(2)20)11-24-27(23)26-13-7-5-4-6-8-13/h4-10,12,14,16,20H,3,11H2,1-2H3/p+1/t12-,14?,16+/m0/s1. The van der Waals surface area contributed by atoms with Crippen LogP contribution < -0.4 is 15.8 Å². The van der Waals surface area contributed by atoms with Crippen molar-refractivity contribution in [1.29, 1.82) is 0 Å². The maximum absolute atomic E-state index is 11.9. The number of nitrogens with one attached hydrogen (secondary N) is 1. The van der Waals surface area contributed by atoms with Crippen molar-refractivity contribution >= 4 is 8.25 Å². The van der Waals surface area contributed by atoms with E-state index in [0.717, 1.165) is 0 Å². The van der Waals surface area contributed by atoms with Crippen LogP contribution in [0.1, 0.15) is 26.5 Å². The average molecular weight is 397 g/mol. The van der Waals surface area contributed by atoms with Crippen LogP contribution in [0, 0.1) is 0 Å². The molecule has 1 heterocycles. The number of rotatable bonds is 10. The molecule has 9 nitrogen and oxygen atoms in total. The van der Waals surface area contributed by atoms with Gasteiger partial charge >= 0.3 is 13.9 Å². The van der Waals surface area contributed by atoms with E-state index in [1.165, 1.54) is 23.8 Å². The number of para-hydroxylation sites is 1. The van der Waals surface area contributed by atoms with Crippen molar-refractivity contribution in [2.45, 2.75) is 38.7 Å². The SMILES string of the molecule is CC[C@@H](OC(CO[P+](=O)Oc1ccccc1)[C@H](C)O)n1ccc(=O)[nH]c1=O. The Labute approximate surface area is 156 Å². The molecule has 2 unspecified atom stereocenters. The first kappa shape index (κ1) is 21.0. The molecule has 0 saturated heterocycles. The fourth-order valence-corrected chi connectivity index (χ4v) is 2.85. The number of benzene rings is 1. The van der Waals surface area contributed by atoms with E-state index in [4.69, 9.17) is 13.8 Å². The zero-order valence-electron chi connectivity index (χ0n) is 15.0. The summed E-state index contributed by atoms with van der Waals surface area (Å²) < 4.78 is 29.2. The first-order chi connectivity index (χ1) is 12.9. The van der Waals surface area contributed by atoms with Crippen molar-refractivity contribution < 1.29 is 23.5 Å². The lowest BCUT2D eigenvalue weighted by Gasteiger charge is -2.25. The summed E-state index contributed by atoms with van der Waals surface area (Å²) in [5.41, 5.74) is -1.14. The molecule has 0 aliphatic carbocycles. The van der Waals surface area contributed by atoms with Gasteiger partial charge in [0.15, 0.2) is 5.75 Å². The molecule has 1 aromatic heterocycles. The van der Waals surface area contributed by atoms with E-state index in [-0.39, 0.29) is 6.61 Å². The fraction of sp³-hybridized carbons (Fsp3) is 0.412. The lowest BCUT2D eigenvalue weighted by atomic mass is 10.2. The van der Waals surface area contributed by atoms with Crippen LogP contribution >= 0.6 is 8.25 Å². The molecule has 10 heteroatoms. The molecule has 1 aromatic carbocycles. The third-order valence-electron chi connectivity index (χ3n) is 3.65. The fourth-order valence-electron chi connectivity index (χ4n) is 2.23. The van der Waals surface area contributed by atoms with E-state index in [2.05, 4.69) is 4.98 Å². The number of aromatic amines is 1. The number of aliphatic hydroxyl groups excluding tert-OH is 1. The lowest BCUT2D eigenvalue weighted by molar-refractivity contribution is -0.117. The number of aliphatic hydroxyl groups is 1. The van der Waals surface area contributed by atoms with Gasteiger partial charge in [-0.05, 0) is 25.5 Å². The minimum Gasteiger partial charge on any atom is -0.391 e. The highest BCUT2D eigenvalue weighted by molar-refractivity contribution is 7.33. The summed E-state index contributed by atoms with van der Waals surface area (Å²) in [5.74, 6) is 0.388. The summed E-state index contributed by atoms with van der Waals surface area (Å²) >= 11 is 0. The molecule has 0 saturated carbocycles. The maximum Gasteiger partial charge on any atom is 0.750 e. The largest absolute Gasteiger partial charge is 0.750 e. The molecule has 0 bridgehead atoms. The van der Waals surface area contributed by atoms with Gasteiger partial charge in [-0.1, -0.05) is 25.1 Å². The number of H-pyrrole nitrogens is 1. The van der Waals surface area contributed by atoms with Crippen LogP contribution in [0.3, 0.4) is 0 Å². The van der Waals surface area contributed by atoms with Crippen molar-refractivity contribution in [3.63, 3.8) is 0 Å². The second kappa shape index (κ2) is 10.1. The molecule has 27 heavy (non-hydrogen) atoms. The van der Waals surface area contributed by atoms with E-state index in [0.29, 0.717) is 12.2 Å². The first-order valence-corrected chi connectivity index (χ1v) is 9.48. The van der Waals surface area contributed by atoms with Crippen molar-refractivity contribution in [1.82, 2.24) is 9.55 Å². The molecular formula is C17H22N2O7P+. The molecule has 2 N–H and O–H groups in total. The van der Waals surface area contributed by atoms with Crippen molar-refractivity contribution in [2.24, 2.45) is 0 Å². The van der Waals surface area contributed by atoms with Crippen molar-refractivity contribution in [2.75, 3.05) is 6.61 Å². The molecule has 2 aromatic rings. The van der Waals surface area contributed by atoms with Gasteiger partial charge in [-0.15, -0.1) is 4.52 Å². The summed E-state index contributed by atoms with van der Waals surface area (Å²) in [6.45, 7) is 3.05. The summed E-state index contributed by atoms with van der Waals surface area (Å²) in [5, 5.41) is 9.93.